The molecule has 23 heavy (non-hydrogen) atoms. The molecule has 2 heterocycles. The zero-order valence-corrected chi connectivity index (χ0v) is 17.2. The number of anilines is 1. The van der Waals surface area contributed by atoms with Gasteiger partial charge < -0.3 is 24.4 Å². The molecule has 0 unspecified atom stereocenters. The largest absolute Gasteiger partial charge is 1.00 e. The summed E-state index contributed by atoms with van der Waals surface area (Å²) < 4.78 is 5.33. The van der Waals surface area contributed by atoms with E-state index in [0.29, 0.717) is 31.9 Å². The van der Waals surface area contributed by atoms with E-state index in [1.54, 1.807) is 17.0 Å². The van der Waals surface area contributed by atoms with Crippen molar-refractivity contribution in [2.75, 3.05) is 31.1 Å². The molecule has 0 radical (unpaired) electrons. The van der Waals surface area contributed by atoms with Crippen LogP contribution in [0.3, 0.4) is 0 Å². The fraction of sp³-hybridized carbons (Fsp3) is 0.533. The first-order valence-corrected chi connectivity index (χ1v) is 7.17. The average Bonchev–Trinajstić information content (AvgIpc) is 2.45. The molecule has 7 nitrogen and oxygen atoms in total. The summed E-state index contributed by atoms with van der Waals surface area (Å²) in [5.41, 5.74) is -0.0840. The van der Waals surface area contributed by atoms with Crippen molar-refractivity contribution in [1.82, 2.24) is 9.88 Å². The number of aromatic carboxylic acids is 1. The quantitative estimate of drug-likeness (QED) is 0.551. The summed E-state index contributed by atoms with van der Waals surface area (Å²) in [7, 11) is 0. The SMILES string of the molecule is CC(C)(C)OC(=O)N1CCN(c2cccnc2C(=O)[O-])CC1.[K+]. The van der Waals surface area contributed by atoms with Crippen molar-refractivity contribution in [2.45, 2.75) is 26.4 Å². The van der Waals surface area contributed by atoms with Gasteiger partial charge in [0.2, 0.25) is 0 Å². The monoisotopic (exact) mass is 345 g/mol. The summed E-state index contributed by atoms with van der Waals surface area (Å²) in [6.45, 7) is 7.44. The van der Waals surface area contributed by atoms with Crippen molar-refractivity contribution in [2.24, 2.45) is 0 Å². The summed E-state index contributed by atoms with van der Waals surface area (Å²) >= 11 is 0. The molecule has 1 aromatic heterocycles. The number of carbonyl (C=O) groups is 2. The Morgan fingerprint density at radius 1 is 1.22 bits per heavy atom. The molecule has 0 N–H and O–H groups in total. The molecular weight excluding hydrogens is 325 g/mol. The van der Waals surface area contributed by atoms with Crippen molar-refractivity contribution in [1.29, 1.82) is 0 Å². The van der Waals surface area contributed by atoms with E-state index >= 15 is 0 Å². The first-order valence-electron chi connectivity index (χ1n) is 7.17. The maximum atomic E-state index is 12.0. The molecule has 0 aliphatic carbocycles. The minimum Gasteiger partial charge on any atom is -0.543 e. The predicted octanol–water partition coefficient (Wildman–Crippen LogP) is -2.49. The van der Waals surface area contributed by atoms with Gasteiger partial charge in [0, 0.05) is 32.4 Å². The van der Waals surface area contributed by atoms with Gasteiger partial charge in [0.15, 0.2) is 0 Å². The third-order valence-electron chi connectivity index (χ3n) is 3.25. The van der Waals surface area contributed by atoms with E-state index in [2.05, 4.69) is 4.98 Å². The number of ether oxygens (including phenoxy) is 1. The minimum atomic E-state index is -1.30. The zero-order chi connectivity index (χ0) is 16.3. The molecule has 1 aliphatic heterocycles. The van der Waals surface area contributed by atoms with E-state index in [-0.39, 0.29) is 63.2 Å². The number of aromatic nitrogens is 1. The van der Waals surface area contributed by atoms with Crippen LogP contribution in [0.2, 0.25) is 0 Å². The van der Waals surface area contributed by atoms with Gasteiger partial charge in [0.05, 0.1) is 11.7 Å². The molecule has 0 aromatic carbocycles. The summed E-state index contributed by atoms with van der Waals surface area (Å²) in [4.78, 5) is 30.5. The zero-order valence-electron chi connectivity index (χ0n) is 14.0. The smallest absolute Gasteiger partial charge is 0.543 e. The Morgan fingerprint density at radius 2 is 1.83 bits per heavy atom. The predicted molar refractivity (Wildman–Crippen MR) is 78.6 cm³/mol. The van der Waals surface area contributed by atoms with Crippen LogP contribution in [-0.4, -0.2) is 53.7 Å². The number of piperazine rings is 1. The molecule has 120 valence electrons. The van der Waals surface area contributed by atoms with Crippen molar-refractivity contribution >= 4 is 17.7 Å². The third-order valence-corrected chi connectivity index (χ3v) is 3.25. The topological polar surface area (TPSA) is 85.8 Å². The summed E-state index contributed by atoms with van der Waals surface area (Å²) in [5, 5.41) is 11.1. The molecule has 1 aliphatic rings. The summed E-state index contributed by atoms with van der Waals surface area (Å²) in [5.74, 6) is -1.30. The van der Waals surface area contributed by atoms with Crippen LogP contribution in [-0.2, 0) is 4.74 Å². The second-order valence-electron chi connectivity index (χ2n) is 6.11. The third kappa shape index (κ3) is 5.72. The number of rotatable bonds is 2. The van der Waals surface area contributed by atoms with Gasteiger partial charge in [0.1, 0.15) is 11.3 Å². The van der Waals surface area contributed by atoms with Crippen LogP contribution >= 0.6 is 0 Å². The molecule has 0 atom stereocenters. The Hall–Kier alpha value is -0.674. The molecule has 0 saturated carbocycles. The first kappa shape index (κ1) is 20.4. The number of carboxylic acid groups (broad SMARTS) is 1. The van der Waals surface area contributed by atoms with E-state index in [9.17, 15) is 14.7 Å². The Morgan fingerprint density at radius 3 is 2.35 bits per heavy atom. The Bertz CT molecular complexity index is 566. The van der Waals surface area contributed by atoms with E-state index in [4.69, 9.17) is 4.74 Å². The number of carboxylic acids is 1. The second-order valence-corrected chi connectivity index (χ2v) is 6.11. The van der Waals surface area contributed by atoms with Gasteiger partial charge in [-0.2, -0.15) is 0 Å². The number of nitrogens with zero attached hydrogens (tertiary/aromatic N) is 3. The van der Waals surface area contributed by atoms with Gasteiger partial charge >= 0.3 is 57.5 Å². The van der Waals surface area contributed by atoms with Crippen molar-refractivity contribution in [3.05, 3.63) is 24.0 Å². The Labute approximate surface area is 178 Å². The van der Waals surface area contributed by atoms with Crippen LogP contribution in [0.4, 0.5) is 10.5 Å². The fourth-order valence-corrected chi connectivity index (χ4v) is 2.27. The molecule has 1 fully saturated rings. The van der Waals surface area contributed by atoms with E-state index < -0.39 is 11.6 Å². The van der Waals surface area contributed by atoms with Crippen LogP contribution in [0.15, 0.2) is 18.3 Å². The standard InChI is InChI=1S/C15H21N3O4.K/c1-15(2,3)22-14(21)18-9-7-17(8-10-18)11-5-4-6-16-12(11)13(19)20;/h4-6H,7-10H2,1-3H3,(H,19,20);/q;+1/p-1. The number of pyridine rings is 1. The summed E-state index contributed by atoms with van der Waals surface area (Å²) in [6.07, 6.45) is 1.07. The number of carbonyl (C=O) groups excluding carboxylic acids is 2. The van der Waals surface area contributed by atoms with Gasteiger partial charge in [-0.25, -0.2) is 4.79 Å². The van der Waals surface area contributed by atoms with Crippen molar-refractivity contribution < 1.29 is 70.8 Å². The van der Waals surface area contributed by atoms with E-state index in [1.807, 2.05) is 25.7 Å². The number of hydrogen-bond acceptors (Lipinski definition) is 6. The number of hydrogen-bond donors (Lipinski definition) is 0. The maximum Gasteiger partial charge on any atom is 1.00 e. The fourth-order valence-electron chi connectivity index (χ4n) is 2.27. The van der Waals surface area contributed by atoms with Crippen LogP contribution in [0.5, 0.6) is 0 Å². The maximum absolute atomic E-state index is 12.0. The van der Waals surface area contributed by atoms with Gasteiger partial charge in [0.25, 0.3) is 0 Å². The molecule has 0 bridgehead atoms. The second kappa shape index (κ2) is 8.43. The van der Waals surface area contributed by atoms with Crippen LogP contribution in [0.25, 0.3) is 0 Å². The van der Waals surface area contributed by atoms with Crippen molar-refractivity contribution in [3.8, 4) is 0 Å². The normalized spacial score (nSPS) is 14.9. The van der Waals surface area contributed by atoms with E-state index in [0.717, 1.165) is 0 Å². The molecule has 1 saturated heterocycles. The van der Waals surface area contributed by atoms with Crippen LogP contribution in [0, 0.1) is 0 Å². The van der Waals surface area contributed by atoms with Gasteiger partial charge in [-0.1, -0.05) is 0 Å². The Kier molecular flexibility index (Phi) is 7.47. The minimum absolute atomic E-state index is 0. The Balaban J connectivity index is 0.00000264. The molecule has 2 rings (SSSR count). The van der Waals surface area contributed by atoms with Gasteiger partial charge in [-0.3, -0.25) is 4.98 Å². The van der Waals surface area contributed by atoms with Gasteiger partial charge in [-0.15, -0.1) is 0 Å². The molecule has 8 heteroatoms. The molecule has 1 aromatic rings. The van der Waals surface area contributed by atoms with Crippen LogP contribution < -0.4 is 61.4 Å². The van der Waals surface area contributed by atoms with Crippen molar-refractivity contribution in [3.63, 3.8) is 0 Å². The molecule has 1 amide bonds. The average molecular weight is 345 g/mol. The van der Waals surface area contributed by atoms with Gasteiger partial charge in [-0.05, 0) is 32.9 Å². The first-order chi connectivity index (χ1) is 10.3. The molecule has 0 spiro atoms. The summed E-state index contributed by atoms with van der Waals surface area (Å²) in [6, 6.07) is 3.38. The number of amides is 1. The van der Waals surface area contributed by atoms with E-state index in [1.165, 1.54) is 6.20 Å². The molecular formula is C15H20KN3O4. The van der Waals surface area contributed by atoms with Crippen LogP contribution in [0.1, 0.15) is 31.3 Å².